The number of hydrogen-bond donors (Lipinski definition) is 1. The number of esters is 1. The predicted octanol–water partition coefficient (Wildman–Crippen LogP) is 3.23. The van der Waals surface area contributed by atoms with Crippen LogP contribution < -0.4 is 0 Å². The zero-order chi connectivity index (χ0) is 16.1. The molecule has 2 unspecified atom stereocenters. The summed E-state index contributed by atoms with van der Waals surface area (Å²) in [6.07, 6.45) is 0. The van der Waals surface area contributed by atoms with Gasteiger partial charge in [-0.05, 0) is 24.0 Å². The van der Waals surface area contributed by atoms with E-state index in [4.69, 9.17) is 4.74 Å². The lowest BCUT2D eigenvalue weighted by atomic mass is 9.77. The number of aliphatic imine (C=N–C) groups is 1. The van der Waals surface area contributed by atoms with Crippen molar-refractivity contribution in [2.45, 2.75) is 32.6 Å². The van der Waals surface area contributed by atoms with Crippen molar-refractivity contribution < 1.29 is 9.53 Å². The normalized spacial score (nSPS) is 22.6. The SMILES string of the molecule is Cc1[nH]nc2c1C(c1ccc(C(C)C)cc1)C1C(=O)OCC1=N2. The Balaban J connectivity index is 1.85. The highest BCUT2D eigenvalue weighted by molar-refractivity contribution is 6.10. The van der Waals surface area contributed by atoms with E-state index in [0.717, 1.165) is 22.5 Å². The molecule has 2 aliphatic heterocycles. The van der Waals surface area contributed by atoms with Gasteiger partial charge in [-0.3, -0.25) is 9.89 Å². The molecule has 1 aromatic carbocycles. The Morgan fingerprint density at radius 1 is 1.22 bits per heavy atom. The summed E-state index contributed by atoms with van der Waals surface area (Å²) in [5.74, 6) is 0.573. The lowest BCUT2D eigenvalue weighted by Crippen LogP contribution is -2.28. The third-order valence-electron chi connectivity index (χ3n) is 4.81. The van der Waals surface area contributed by atoms with Gasteiger partial charge in [0.25, 0.3) is 0 Å². The Morgan fingerprint density at radius 3 is 2.65 bits per heavy atom. The van der Waals surface area contributed by atoms with Gasteiger partial charge in [-0.1, -0.05) is 38.1 Å². The zero-order valence-electron chi connectivity index (χ0n) is 13.5. The van der Waals surface area contributed by atoms with Crippen LogP contribution in [0.4, 0.5) is 5.82 Å². The monoisotopic (exact) mass is 309 g/mol. The molecule has 5 nitrogen and oxygen atoms in total. The number of aromatic amines is 1. The van der Waals surface area contributed by atoms with E-state index >= 15 is 0 Å². The number of nitrogens with zero attached hydrogens (tertiary/aromatic N) is 2. The number of aromatic nitrogens is 2. The Labute approximate surface area is 134 Å². The van der Waals surface area contributed by atoms with Gasteiger partial charge in [-0.25, -0.2) is 4.99 Å². The summed E-state index contributed by atoms with van der Waals surface area (Å²) in [5, 5.41) is 7.29. The second-order valence-corrected chi connectivity index (χ2v) is 6.57. The number of fused-ring (bicyclic) bond motifs is 2. The summed E-state index contributed by atoms with van der Waals surface area (Å²) in [6.45, 7) is 6.59. The van der Waals surface area contributed by atoms with E-state index in [1.165, 1.54) is 5.56 Å². The standard InChI is InChI=1S/C18H19N3O2/c1-9(2)11-4-6-12(7-5-11)15-14-10(3)20-21-17(14)19-13-8-23-18(22)16(13)15/h4-7,9,15-16H,8H2,1-3H3,(H,20,21). The number of nitrogens with one attached hydrogen (secondary N) is 1. The number of benzene rings is 1. The number of cyclic esters (lactones) is 1. The summed E-state index contributed by atoms with van der Waals surface area (Å²) in [5.41, 5.74) is 5.15. The molecule has 2 atom stereocenters. The van der Waals surface area contributed by atoms with E-state index < -0.39 is 0 Å². The van der Waals surface area contributed by atoms with Gasteiger partial charge in [0, 0.05) is 17.2 Å². The molecule has 1 saturated heterocycles. The molecule has 1 N–H and O–H groups in total. The summed E-state index contributed by atoms with van der Waals surface area (Å²) in [6, 6.07) is 8.51. The van der Waals surface area contributed by atoms with Gasteiger partial charge in [0.2, 0.25) is 0 Å². The van der Waals surface area contributed by atoms with Gasteiger partial charge >= 0.3 is 5.97 Å². The Kier molecular flexibility index (Phi) is 3.11. The van der Waals surface area contributed by atoms with Gasteiger partial charge < -0.3 is 4.74 Å². The molecule has 0 radical (unpaired) electrons. The van der Waals surface area contributed by atoms with Crippen LogP contribution in [-0.4, -0.2) is 28.5 Å². The minimum atomic E-state index is -0.330. The van der Waals surface area contributed by atoms with Crippen molar-refractivity contribution in [2.75, 3.05) is 6.61 Å². The molecule has 5 heteroatoms. The maximum atomic E-state index is 12.3. The smallest absolute Gasteiger partial charge is 0.316 e. The number of H-pyrrole nitrogens is 1. The second kappa shape index (κ2) is 5.05. The summed E-state index contributed by atoms with van der Waals surface area (Å²) in [7, 11) is 0. The zero-order valence-corrected chi connectivity index (χ0v) is 13.5. The third kappa shape index (κ3) is 2.11. The maximum Gasteiger partial charge on any atom is 0.316 e. The van der Waals surface area contributed by atoms with Crippen LogP contribution in [0.25, 0.3) is 0 Å². The fourth-order valence-corrected chi connectivity index (χ4v) is 3.52. The predicted molar refractivity (Wildman–Crippen MR) is 87.2 cm³/mol. The van der Waals surface area contributed by atoms with Crippen LogP contribution in [-0.2, 0) is 9.53 Å². The number of hydrogen-bond acceptors (Lipinski definition) is 4. The van der Waals surface area contributed by atoms with E-state index in [-0.39, 0.29) is 24.4 Å². The number of carbonyl (C=O) groups is 1. The van der Waals surface area contributed by atoms with Crippen LogP contribution in [0.5, 0.6) is 0 Å². The number of aryl methyl sites for hydroxylation is 1. The molecule has 1 aromatic heterocycles. The van der Waals surface area contributed by atoms with Gasteiger partial charge in [0.1, 0.15) is 12.5 Å². The number of carbonyl (C=O) groups excluding carboxylic acids is 1. The fourth-order valence-electron chi connectivity index (χ4n) is 3.52. The largest absolute Gasteiger partial charge is 0.459 e. The number of ether oxygens (including phenoxy) is 1. The van der Waals surface area contributed by atoms with Crippen molar-refractivity contribution in [3.8, 4) is 0 Å². The Bertz CT molecular complexity index is 802. The highest BCUT2D eigenvalue weighted by Crippen LogP contribution is 2.45. The topological polar surface area (TPSA) is 67.3 Å². The first-order chi connectivity index (χ1) is 11.1. The molecule has 0 bridgehead atoms. The molecule has 0 saturated carbocycles. The lowest BCUT2D eigenvalue weighted by Gasteiger charge is -2.25. The van der Waals surface area contributed by atoms with Crippen molar-refractivity contribution >= 4 is 17.5 Å². The van der Waals surface area contributed by atoms with E-state index in [0.29, 0.717) is 11.7 Å². The maximum absolute atomic E-state index is 12.3. The van der Waals surface area contributed by atoms with E-state index in [1.54, 1.807) is 0 Å². The molecule has 23 heavy (non-hydrogen) atoms. The van der Waals surface area contributed by atoms with E-state index in [1.807, 2.05) is 6.92 Å². The average molecular weight is 309 g/mol. The van der Waals surface area contributed by atoms with Crippen LogP contribution in [0.2, 0.25) is 0 Å². The molecule has 2 aliphatic rings. The quantitative estimate of drug-likeness (QED) is 0.866. The molecule has 3 heterocycles. The number of rotatable bonds is 2. The third-order valence-corrected chi connectivity index (χ3v) is 4.81. The molecule has 0 aliphatic carbocycles. The molecule has 0 spiro atoms. The lowest BCUT2D eigenvalue weighted by molar-refractivity contribution is -0.141. The van der Waals surface area contributed by atoms with Gasteiger partial charge in [-0.15, -0.1) is 0 Å². The van der Waals surface area contributed by atoms with Crippen LogP contribution in [0.3, 0.4) is 0 Å². The van der Waals surface area contributed by atoms with Crippen LogP contribution >= 0.6 is 0 Å². The Morgan fingerprint density at radius 2 is 1.96 bits per heavy atom. The first-order valence-electron chi connectivity index (χ1n) is 7.95. The summed E-state index contributed by atoms with van der Waals surface area (Å²) < 4.78 is 5.25. The van der Waals surface area contributed by atoms with Crippen molar-refractivity contribution in [1.82, 2.24) is 10.2 Å². The molecule has 2 aromatic rings. The van der Waals surface area contributed by atoms with E-state index in [2.05, 4.69) is 53.3 Å². The van der Waals surface area contributed by atoms with E-state index in [9.17, 15) is 4.79 Å². The average Bonchev–Trinajstić information content (AvgIpc) is 3.10. The first kappa shape index (κ1) is 14.2. The molecule has 1 fully saturated rings. The van der Waals surface area contributed by atoms with Crippen LogP contribution in [0.15, 0.2) is 29.3 Å². The molecular formula is C18H19N3O2. The fraction of sp³-hybridized carbons (Fsp3) is 0.389. The van der Waals surface area contributed by atoms with Crippen LogP contribution in [0, 0.1) is 12.8 Å². The van der Waals surface area contributed by atoms with Crippen LogP contribution in [0.1, 0.15) is 48.1 Å². The van der Waals surface area contributed by atoms with Crippen molar-refractivity contribution in [1.29, 1.82) is 0 Å². The highest BCUT2D eigenvalue weighted by atomic mass is 16.5. The van der Waals surface area contributed by atoms with Crippen molar-refractivity contribution in [3.63, 3.8) is 0 Å². The molecule has 4 rings (SSSR count). The molecular weight excluding hydrogens is 290 g/mol. The van der Waals surface area contributed by atoms with Gasteiger partial charge in [-0.2, -0.15) is 5.10 Å². The summed E-state index contributed by atoms with van der Waals surface area (Å²) >= 11 is 0. The van der Waals surface area contributed by atoms with Gasteiger partial charge in [0.15, 0.2) is 5.82 Å². The minimum Gasteiger partial charge on any atom is -0.459 e. The first-order valence-corrected chi connectivity index (χ1v) is 7.95. The molecule has 118 valence electrons. The second-order valence-electron chi connectivity index (χ2n) is 6.57. The van der Waals surface area contributed by atoms with Crippen molar-refractivity contribution in [3.05, 3.63) is 46.6 Å². The van der Waals surface area contributed by atoms with Crippen molar-refractivity contribution in [2.24, 2.45) is 10.9 Å². The Hall–Kier alpha value is -2.43. The highest BCUT2D eigenvalue weighted by Gasteiger charge is 2.46. The molecule has 0 amide bonds. The van der Waals surface area contributed by atoms with Gasteiger partial charge in [0.05, 0.1) is 5.71 Å². The summed E-state index contributed by atoms with van der Waals surface area (Å²) in [4.78, 5) is 16.8. The minimum absolute atomic E-state index is 0.0764.